The maximum Gasteiger partial charge on any atom is 0.193 e. The minimum Gasteiger partial charge on any atom is -0.379 e. The van der Waals surface area contributed by atoms with Crippen LogP contribution in [0.1, 0.15) is 11.3 Å². The molecule has 1 aliphatic rings. The molecule has 2 aromatic carbocycles. The fourth-order valence-corrected chi connectivity index (χ4v) is 4.13. The molecule has 1 fully saturated rings. The van der Waals surface area contributed by atoms with Gasteiger partial charge in [0.05, 0.1) is 18.6 Å². The van der Waals surface area contributed by atoms with E-state index >= 15 is 0 Å². The van der Waals surface area contributed by atoms with E-state index in [1.807, 2.05) is 78.2 Å². The number of anilines is 2. The van der Waals surface area contributed by atoms with E-state index in [0.29, 0.717) is 16.9 Å². The molecule has 0 bridgehead atoms. The largest absolute Gasteiger partial charge is 0.379 e. The van der Waals surface area contributed by atoms with Gasteiger partial charge in [0, 0.05) is 42.8 Å². The van der Waals surface area contributed by atoms with Gasteiger partial charge in [0.25, 0.3) is 0 Å². The normalized spacial score (nSPS) is 14.5. The molecule has 162 valence electrons. The average molecular weight is 427 g/mol. The number of pyridine rings is 2. The molecule has 5 rings (SSSR count). The average Bonchev–Trinajstić information content (AvgIpc) is 2.82. The van der Waals surface area contributed by atoms with Gasteiger partial charge in [-0.1, -0.05) is 36.4 Å². The van der Waals surface area contributed by atoms with E-state index in [0.717, 1.165) is 55.5 Å². The number of fused-ring (bicyclic) bond motifs is 1. The second-order valence-electron chi connectivity index (χ2n) is 8.05. The first-order chi connectivity index (χ1) is 15.7. The van der Waals surface area contributed by atoms with E-state index < -0.39 is 0 Å². The summed E-state index contributed by atoms with van der Waals surface area (Å²) < 4.78 is 7.49. The number of rotatable bonds is 5. The van der Waals surface area contributed by atoms with Crippen molar-refractivity contribution in [3.05, 3.63) is 94.3 Å². The van der Waals surface area contributed by atoms with Gasteiger partial charge in [-0.3, -0.25) is 14.3 Å². The van der Waals surface area contributed by atoms with Crippen LogP contribution in [0.5, 0.6) is 0 Å². The zero-order valence-electron chi connectivity index (χ0n) is 18.1. The van der Waals surface area contributed by atoms with E-state index in [9.17, 15) is 4.79 Å². The first-order valence-electron chi connectivity index (χ1n) is 10.9. The van der Waals surface area contributed by atoms with Crippen molar-refractivity contribution in [1.29, 1.82) is 0 Å². The van der Waals surface area contributed by atoms with Gasteiger partial charge in [-0.05, 0) is 42.8 Å². The van der Waals surface area contributed by atoms with Gasteiger partial charge < -0.3 is 10.1 Å². The summed E-state index contributed by atoms with van der Waals surface area (Å²) in [7, 11) is 0. The highest BCUT2D eigenvalue weighted by atomic mass is 16.5. The summed E-state index contributed by atoms with van der Waals surface area (Å²) in [5.74, 6) is 0.688. The molecule has 0 aliphatic carbocycles. The quantitative estimate of drug-likeness (QED) is 0.516. The lowest BCUT2D eigenvalue weighted by Gasteiger charge is -2.27. The molecule has 2 aromatic heterocycles. The monoisotopic (exact) mass is 426 g/mol. The van der Waals surface area contributed by atoms with Crippen LogP contribution in [0.3, 0.4) is 0 Å². The lowest BCUT2D eigenvalue weighted by Crippen LogP contribution is -2.35. The fourth-order valence-electron chi connectivity index (χ4n) is 4.13. The van der Waals surface area contributed by atoms with Crippen molar-refractivity contribution in [1.82, 2.24) is 14.5 Å². The van der Waals surface area contributed by atoms with Crippen molar-refractivity contribution in [3.63, 3.8) is 0 Å². The summed E-state index contributed by atoms with van der Waals surface area (Å²) in [6.45, 7) is 6.07. The van der Waals surface area contributed by atoms with E-state index in [1.54, 1.807) is 6.07 Å². The topological polar surface area (TPSA) is 59.4 Å². The Kier molecular flexibility index (Phi) is 5.71. The number of hydrogen-bond donors (Lipinski definition) is 1. The Morgan fingerprint density at radius 3 is 2.38 bits per heavy atom. The summed E-state index contributed by atoms with van der Waals surface area (Å²) >= 11 is 0. The van der Waals surface area contributed by atoms with Crippen molar-refractivity contribution in [3.8, 4) is 5.69 Å². The van der Waals surface area contributed by atoms with Gasteiger partial charge in [-0.15, -0.1) is 0 Å². The Bertz CT molecular complexity index is 1280. The predicted octanol–water partition coefficient (Wildman–Crippen LogP) is 4.27. The highest BCUT2D eigenvalue weighted by Gasteiger charge is 2.17. The molecule has 1 aliphatic heterocycles. The van der Waals surface area contributed by atoms with Crippen molar-refractivity contribution in [2.24, 2.45) is 0 Å². The van der Waals surface area contributed by atoms with E-state index in [4.69, 9.17) is 9.72 Å². The van der Waals surface area contributed by atoms with Gasteiger partial charge in [-0.25, -0.2) is 4.98 Å². The van der Waals surface area contributed by atoms with Crippen LogP contribution in [0.25, 0.3) is 16.7 Å². The van der Waals surface area contributed by atoms with Crippen molar-refractivity contribution in [2.45, 2.75) is 13.5 Å². The summed E-state index contributed by atoms with van der Waals surface area (Å²) in [5, 5.41) is 4.03. The molecule has 0 atom stereocenters. The third kappa shape index (κ3) is 4.15. The van der Waals surface area contributed by atoms with Gasteiger partial charge in [0.1, 0.15) is 11.5 Å². The van der Waals surface area contributed by atoms with E-state index in [1.165, 1.54) is 0 Å². The van der Waals surface area contributed by atoms with Crippen LogP contribution in [-0.4, -0.2) is 40.8 Å². The van der Waals surface area contributed by atoms with Crippen molar-refractivity contribution < 1.29 is 4.74 Å². The minimum absolute atomic E-state index is 0.0404. The summed E-state index contributed by atoms with van der Waals surface area (Å²) in [6, 6.07) is 23.6. The number of para-hydroxylation sites is 2. The molecule has 0 amide bonds. The zero-order chi connectivity index (χ0) is 21.9. The van der Waals surface area contributed by atoms with Gasteiger partial charge in [-0.2, -0.15) is 0 Å². The Morgan fingerprint density at radius 2 is 1.66 bits per heavy atom. The number of hydrogen-bond acceptors (Lipinski definition) is 5. The number of nitrogens with one attached hydrogen (secondary N) is 1. The lowest BCUT2D eigenvalue weighted by molar-refractivity contribution is 0.0341. The smallest absolute Gasteiger partial charge is 0.193 e. The van der Waals surface area contributed by atoms with E-state index in [-0.39, 0.29) is 5.43 Å². The molecular weight excluding hydrogens is 400 g/mol. The van der Waals surface area contributed by atoms with Crippen LogP contribution in [-0.2, 0) is 11.3 Å². The van der Waals surface area contributed by atoms with Crippen molar-refractivity contribution in [2.75, 3.05) is 31.6 Å². The molecule has 0 saturated carbocycles. The van der Waals surface area contributed by atoms with Gasteiger partial charge in [0.2, 0.25) is 0 Å². The van der Waals surface area contributed by atoms with Gasteiger partial charge in [0.15, 0.2) is 5.43 Å². The number of aryl methyl sites for hydroxylation is 1. The summed E-state index contributed by atoms with van der Waals surface area (Å²) in [5.41, 5.74) is 4.50. The predicted molar refractivity (Wildman–Crippen MR) is 128 cm³/mol. The first kappa shape index (κ1) is 20.4. The number of aromatic nitrogens is 2. The molecule has 0 unspecified atom stereocenters. The Hall–Kier alpha value is -3.48. The van der Waals surface area contributed by atoms with E-state index in [2.05, 4.69) is 10.2 Å². The Balaban J connectivity index is 1.66. The highest BCUT2D eigenvalue weighted by Crippen LogP contribution is 2.26. The number of nitrogens with zero attached hydrogens (tertiary/aromatic N) is 3. The van der Waals surface area contributed by atoms with Crippen LogP contribution < -0.4 is 10.7 Å². The molecule has 3 heterocycles. The standard InChI is InChI=1S/C26H26N4O2/c1-19-20(18-29-12-14-32-15-13-29)16-23-24(31)17-25(28-21-8-4-2-5-9-21)30(26(23)27-19)22-10-6-3-7-11-22/h2-11,16-17,28H,12-15,18H2,1H3. The second-order valence-corrected chi connectivity index (χ2v) is 8.05. The van der Waals surface area contributed by atoms with Crippen LogP contribution in [0.2, 0.25) is 0 Å². The van der Waals surface area contributed by atoms with Crippen LogP contribution in [0.4, 0.5) is 11.5 Å². The molecule has 4 aromatic rings. The molecule has 6 nitrogen and oxygen atoms in total. The third-order valence-electron chi connectivity index (χ3n) is 5.84. The molecule has 1 N–H and O–H groups in total. The molecule has 0 spiro atoms. The minimum atomic E-state index is -0.0404. The molecule has 6 heteroatoms. The maximum atomic E-state index is 13.2. The molecular formula is C26H26N4O2. The molecule has 0 radical (unpaired) electrons. The van der Waals surface area contributed by atoms with Crippen molar-refractivity contribution >= 4 is 22.5 Å². The SMILES string of the molecule is Cc1nc2c(cc1CN1CCOCC1)c(=O)cc(Nc1ccccc1)n2-c1ccccc1. The number of benzene rings is 2. The number of ether oxygens (including phenoxy) is 1. The zero-order valence-corrected chi connectivity index (χ0v) is 18.1. The summed E-state index contributed by atoms with van der Waals surface area (Å²) in [6.07, 6.45) is 0. The highest BCUT2D eigenvalue weighted by molar-refractivity contribution is 5.81. The summed E-state index contributed by atoms with van der Waals surface area (Å²) in [4.78, 5) is 20.5. The van der Waals surface area contributed by atoms with Gasteiger partial charge >= 0.3 is 0 Å². The van der Waals surface area contributed by atoms with Crippen LogP contribution in [0.15, 0.2) is 77.6 Å². The third-order valence-corrected chi connectivity index (χ3v) is 5.84. The van der Waals surface area contributed by atoms with Crippen LogP contribution >= 0.6 is 0 Å². The first-order valence-corrected chi connectivity index (χ1v) is 10.9. The maximum absolute atomic E-state index is 13.2. The second kappa shape index (κ2) is 8.94. The van der Waals surface area contributed by atoms with Crippen LogP contribution in [0, 0.1) is 6.92 Å². The Labute approximate surface area is 187 Å². The molecule has 1 saturated heterocycles. The molecule has 32 heavy (non-hydrogen) atoms. The number of morpholine rings is 1. The lowest BCUT2D eigenvalue weighted by atomic mass is 10.1. The fraction of sp³-hybridized carbons (Fsp3) is 0.231. The Morgan fingerprint density at radius 1 is 0.969 bits per heavy atom.